The minimum Gasteiger partial charge on any atom is -0.377 e. The fraction of sp³-hybridized carbons (Fsp3) is 0.500. The smallest absolute Gasteiger partial charge is 0.377 e. The van der Waals surface area contributed by atoms with Gasteiger partial charge in [0.05, 0.1) is 11.7 Å². The molecule has 1 heterocycles. The average Bonchev–Trinajstić information content (AvgIpc) is 2.48. The van der Waals surface area contributed by atoms with Crippen LogP contribution in [0.3, 0.4) is 0 Å². The lowest BCUT2D eigenvalue weighted by Crippen LogP contribution is -2.44. The molecule has 1 atom stereocenters. The Kier molecular flexibility index (Phi) is 6.59. The summed E-state index contributed by atoms with van der Waals surface area (Å²) in [5.41, 5.74) is 5.94. The number of nitrogens with zero attached hydrogens (tertiary/aromatic N) is 1. The highest BCUT2D eigenvalue weighted by Gasteiger charge is 2.38. The molecule has 0 bridgehead atoms. The summed E-state index contributed by atoms with van der Waals surface area (Å²) in [6.07, 6.45) is 2.22. The van der Waals surface area contributed by atoms with E-state index < -0.39 is 14.8 Å². The van der Waals surface area contributed by atoms with Gasteiger partial charge in [0.15, 0.2) is 0 Å². The number of rotatable bonds is 8. The molecule has 3 N–H and O–H groups in total. The number of nitrogens with one attached hydrogen (secondary N) is 1. The van der Waals surface area contributed by atoms with Crippen LogP contribution in [0.15, 0.2) is 24.4 Å². The Morgan fingerprint density at radius 1 is 1.35 bits per heavy atom. The van der Waals surface area contributed by atoms with Gasteiger partial charge in [0.1, 0.15) is 0 Å². The van der Waals surface area contributed by atoms with E-state index in [9.17, 15) is 4.79 Å². The van der Waals surface area contributed by atoms with E-state index in [1.807, 2.05) is 18.2 Å². The number of carbonyl (C=O) groups is 1. The van der Waals surface area contributed by atoms with Crippen molar-refractivity contribution in [1.29, 1.82) is 0 Å². The van der Waals surface area contributed by atoms with Crippen molar-refractivity contribution in [2.24, 2.45) is 5.73 Å². The summed E-state index contributed by atoms with van der Waals surface area (Å²) in [6.45, 7) is 0. The van der Waals surface area contributed by atoms with Crippen LogP contribution < -0.4 is 11.1 Å². The summed E-state index contributed by atoms with van der Waals surface area (Å²) < 4.78 is 16.1. The molecule has 8 heteroatoms. The van der Waals surface area contributed by atoms with Gasteiger partial charge in [0.2, 0.25) is 0 Å². The maximum absolute atomic E-state index is 11.1. The number of amides is 2. The van der Waals surface area contributed by atoms with Crippen molar-refractivity contribution in [3.63, 3.8) is 0 Å². The molecule has 0 aliphatic carbocycles. The molecule has 2 amide bonds. The normalized spacial score (nSPS) is 12.9. The Bertz CT molecular complexity index is 406. The molecule has 7 nitrogen and oxygen atoms in total. The van der Waals surface area contributed by atoms with Crippen LogP contribution in [0.5, 0.6) is 0 Å². The lowest BCUT2D eigenvalue weighted by atomic mass is 10.1. The molecule has 1 aromatic heterocycles. The molecule has 0 aliphatic rings. The lowest BCUT2D eigenvalue weighted by molar-refractivity contribution is 0.122. The van der Waals surface area contributed by atoms with Gasteiger partial charge in [-0.25, -0.2) is 4.79 Å². The van der Waals surface area contributed by atoms with Gasteiger partial charge in [-0.3, -0.25) is 4.98 Å². The highest BCUT2D eigenvalue weighted by molar-refractivity contribution is 6.60. The number of hydrogen-bond donors (Lipinski definition) is 2. The third-order valence-electron chi connectivity index (χ3n) is 3.03. The quantitative estimate of drug-likeness (QED) is 0.700. The Morgan fingerprint density at radius 3 is 2.45 bits per heavy atom. The second kappa shape index (κ2) is 7.95. The first-order valence-electron chi connectivity index (χ1n) is 6.19. The zero-order chi connectivity index (χ0) is 15.0. The predicted molar refractivity (Wildman–Crippen MR) is 75.9 cm³/mol. The predicted octanol–water partition coefficient (Wildman–Crippen LogP) is 1.06. The van der Waals surface area contributed by atoms with Crippen LogP contribution in [0.4, 0.5) is 4.79 Å². The lowest BCUT2D eigenvalue weighted by Gasteiger charge is -2.26. The zero-order valence-corrected chi connectivity index (χ0v) is 13.0. The number of urea groups is 1. The van der Waals surface area contributed by atoms with E-state index in [1.165, 1.54) is 0 Å². The van der Waals surface area contributed by atoms with Crippen LogP contribution in [0.2, 0.25) is 6.04 Å². The van der Waals surface area contributed by atoms with Crippen molar-refractivity contribution in [3.05, 3.63) is 30.1 Å². The molecule has 0 saturated carbocycles. The van der Waals surface area contributed by atoms with Crippen molar-refractivity contribution in [1.82, 2.24) is 10.3 Å². The first kappa shape index (κ1) is 16.6. The number of nitrogens with two attached hydrogens (primary N) is 1. The summed E-state index contributed by atoms with van der Waals surface area (Å²) in [4.78, 5) is 15.4. The Hall–Kier alpha value is -1.48. The molecular formula is C12H21N3O4Si. The Balaban J connectivity index is 2.78. The first-order valence-corrected chi connectivity index (χ1v) is 8.12. The van der Waals surface area contributed by atoms with Gasteiger partial charge in [-0.2, -0.15) is 0 Å². The molecule has 0 spiro atoms. The van der Waals surface area contributed by atoms with Gasteiger partial charge >= 0.3 is 14.8 Å². The standard InChI is InChI=1S/C12H21N3O4Si/c1-17-20(18-2,19-3)9-7-11(15-12(13)16)10-6-4-5-8-14-10/h4-6,8,11H,7,9H2,1-3H3,(H3,13,15,16). The summed E-state index contributed by atoms with van der Waals surface area (Å²) in [5, 5.41) is 2.67. The maximum atomic E-state index is 11.1. The SMILES string of the molecule is CO[Si](CCC(NC(N)=O)c1ccccn1)(OC)OC. The van der Waals surface area contributed by atoms with Gasteiger partial charge in [-0.05, 0) is 18.6 Å². The molecule has 20 heavy (non-hydrogen) atoms. The summed E-state index contributed by atoms with van der Waals surface area (Å²) in [7, 11) is 1.97. The zero-order valence-electron chi connectivity index (χ0n) is 12.0. The highest BCUT2D eigenvalue weighted by Crippen LogP contribution is 2.23. The third kappa shape index (κ3) is 4.56. The molecular weight excluding hydrogens is 278 g/mol. The maximum Gasteiger partial charge on any atom is 0.500 e. The van der Waals surface area contributed by atoms with E-state index in [4.69, 9.17) is 19.0 Å². The summed E-state index contributed by atoms with van der Waals surface area (Å²) >= 11 is 0. The number of hydrogen-bond acceptors (Lipinski definition) is 5. The number of pyridine rings is 1. The van der Waals surface area contributed by atoms with Crippen LogP contribution in [-0.2, 0) is 13.3 Å². The van der Waals surface area contributed by atoms with E-state index in [0.29, 0.717) is 12.5 Å². The Morgan fingerprint density at radius 2 is 2.00 bits per heavy atom. The second-order valence-corrected chi connectivity index (χ2v) is 7.24. The molecule has 1 aromatic rings. The second-order valence-electron chi connectivity index (χ2n) is 4.15. The van der Waals surface area contributed by atoms with Gasteiger partial charge in [-0.15, -0.1) is 0 Å². The Labute approximate surface area is 119 Å². The van der Waals surface area contributed by atoms with Gasteiger partial charge in [-0.1, -0.05) is 6.07 Å². The fourth-order valence-corrected chi connectivity index (χ4v) is 3.68. The van der Waals surface area contributed by atoms with Crippen LogP contribution in [0.25, 0.3) is 0 Å². The molecule has 0 saturated heterocycles. The average molecular weight is 299 g/mol. The largest absolute Gasteiger partial charge is 0.500 e. The molecule has 112 valence electrons. The highest BCUT2D eigenvalue weighted by atomic mass is 28.4. The van der Waals surface area contributed by atoms with E-state index >= 15 is 0 Å². The number of primary amides is 1. The molecule has 0 fully saturated rings. The van der Waals surface area contributed by atoms with E-state index in [1.54, 1.807) is 27.5 Å². The fourth-order valence-electron chi connectivity index (χ4n) is 1.93. The van der Waals surface area contributed by atoms with Crippen LogP contribution in [0.1, 0.15) is 18.2 Å². The van der Waals surface area contributed by atoms with Crippen molar-refractivity contribution in [2.75, 3.05) is 21.3 Å². The van der Waals surface area contributed by atoms with Crippen molar-refractivity contribution >= 4 is 14.8 Å². The van der Waals surface area contributed by atoms with E-state index in [0.717, 1.165) is 5.69 Å². The van der Waals surface area contributed by atoms with Gasteiger partial charge in [0.25, 0.3) is 0 Å². The van der Waals surface area contributed by atoms with Gasteiger partial charge < -0.3 is 24.3 Å². The third-order valence-corrected chi connectivity index (χ3v) is 5.80. The molecule has 0 aliphatic heterocycles. The van der Waals surface area contributed by atoms with Crippen LogP contribution in [0, 0.1) is 0 Å². The minimum absolute atomic E-state index is 0.305. The van der Waals surface area contributed by atoms with Crippen LogP contribution >= 0.6 is 0 Å². The van der Waals surface area contributed by atoms with Crippen molar-refractivity contribution < 1.29 is 18.1 Å². The molecule has 0 radical (unpaired) electrons. The van der Waals surface area contributed by atoms with Crippen molar-refractivity contribution in [3.8, 4) is 0 Å². The molecule has 1 rings (SSSR count). The molecule has 0 aromatic carbocycles. The number of aromatic nitrogens is 1. The monoisotopic (exact) mass is 299 g/mol. The summed E-state index contributed by atoms with van der Waals surface area (Å²) in [6, 6.07) is 5.13. The summed E-state index contributed by atoms with van der Waals surface area (Å²) in [5.74, 6) is 0. The first-order chi connectivity index (χ1) is 9.56. The molecule has 1 unspecified atom stereocenters. The van der Waals surface area contributed by atoms with E-state index in [-0.39, 0.29) is 6.04 Å². The number of carbonyl (C=O) groups excluding carboxylic acids is 1. The van der Waals surface area contributed by atoms with E-state index in [2.05, 4.69) is 10.3 Å². The minimum atomic E-state index is -2.68. The van der Waals surface area contributed by atoms with Crippen molar-refractivity contribution in [2.45, 2.75) is 18.5 Å². The topological polar surface area (TPSA) is 95.7 Å². The van der Waals surface area contributed by atoms with Gasteiger partial charge in [0, 0.05) is 33.6 Å². The van der Waals surface area contributed by atoms with Crippen LogP contribution in [-0.4, -0.2) is 41.1 Å².